The molecule has 0 saturated heterocycles. The molecule has 234 valence electrons. The van der Waals surface area contributed by atoms with Gasteiger partial charge < -0.3 is 9.13 Å². The summed E-state index contributed by atoms with van der Waals surface area (Å²) in [7, 11) is 0. The molecule has 0 N–H and O–H groups in total. The van der Waals surface area contributed by atoms with Crippen LogP contribution in [0.4, 0.5) is 0 Å². The number of nitrogens with zero attached hydrogens (tertiary/aromatic N) is 2. The molecule has 8 aromatic carbocycles. The maximum atomic E-state index is 2.44. The highest BCUT2D eigenvalue weighted by atomic mass is 15.0. The smallest absolute Gasteiger partial charge is 0.0619 e. The Morgan fingerprint density at radius 2 is 0.780 bits per heavy atom. The summed E-state index contributed by atoms with van der Waals surface area (Å²) in [4.78, 5) is 0. The van der Waals surface area contributed by atoms with Gasteiger partial charge in [0.25, 0.3) is 0 Å². The van der Waals surface area contributed by atoms with Gasteiger partial charge in [-0.1, -0.05) is 158 Å². The van der Waals surface area contributed by atoms with Crippen LogP contribution in [0.1, 0.15) is 0 Å². The van der Waals surface area contributed by atoms with Crippen LogP contribution in [0.2, 0.25) is 0 Å². The molecule has 2 aromatic heterocycles. The Morgan fingerprint density at radius 3 is 1.56 bits per heavy atom. The quantitative estimate of drug-likeness (QED) is 0.178. The molecule has 0 radical (unpaired) electrons. The van der Waals surface area contributed by atoms with E-state index in [1.165, 1.54) is 88.4 Å². The van der Waals surface area contributed by atoms with Gasteiger partial charge in [-0.25, -0.2) is 0 Å². The molecule has 10 aromatic rings. The molecule has 0 spiro atoms. The van der Waals surface area contributed by atoms with E-state index in [1.54, 1.807) is 0 Å². The van der Waals surface area contributed by atoms with Gasteiger partial charge in [0.15, 0.2) is 0 Å². The van der Waals surface area contributed by atoms with Gasteiger partial charge in [-0.2, -0.15) is 0 Å². The summed E-state index contributed by atoms with van der Waals surface area (Å²) in [5.74, 6) is 0. The standard InChI is InChI=1S/C48H32N2/c1-3-15-33(16-4-1)38-22-14-28-46-47(38)42-21-9-12-27-45(42)50(46)43-25-10-7-19-37(43)34-29-31-35(32-30-34)39-23-13-24-41-40-20-8-11-26-44(40)49(48(39)41)36-17-5-2-6-18-36/h1-32H. The van der Waals surface area contributed by atoms with Crippen molar-refractivity contribution in [2.75, 3.05) is 0 Å². The number of benzene rings is 8. The maximum absolute atomic E-state index is 2.44. The molecule has 2 nitrogen and oxygen atoms in total. The molecule has 0 atom stereocenters. The summed E-state index contributed by atoms with van der Waals surface area (Å²) < 4.78 is 4.86. The number of para-hydroxylation sites is 5. The molecule has 0 aliphatic rings. The fourth-order valence-corrected chi connectivity index (χ4v) is 7.98. The Kier molecular flexibility index (Phi) is 6.53. The Labute approximate surface area is 290 Å². The highest BCUT2D eigenvalue weighted by Gasteiger charge is 2.19. The number of aromatic nitrogens is 2. The lowest BCUT2D eigenvalue weighted by molar-refractivity contribution is 1.18. The van der Waals surface area contributed by atoms with E-state index in [0.29, 0.717) is 0 Å². The Bertz CT molecular complexity index is 2840. The second-order valence-electron chi connectivity index (χ2n) is 12.9. The molecule has 2 heterocycles. The van der Waals surface area contributed by atoms with Crippen molar-refractivity contribution in [3.8, 4) is 44.8 Å². The second-order valence-corrected chi connectivity index (χ2v) is 12.9. The molecule has 0 unspecified atom stereocenters. The Morgan fingerprint density at radius 1 is 0.280 bits per heavy atom. The first kappa shape index (κ1) is 28.4. The van der Waals surface area contributed by atoms with E-state index < -0.39 is 0 Å². The van der Waals surface area contributed by atoms with Crippen molar-refractivity contribution in [3.63, 3.8) is 0 Å². The zero-order valence-electron chi connectivity index (χ0n) is 27.4. The van der Waals surface area contributed by atoms with E-state index in [0.717, 1.165) is 0 Å². The molecule has 0 amide bonds. The van der Waals surface area contributed by atoms with Gasteiger partial charge in [0.2, 0.25) is 0 Å². The molecule has 0 fully saturated rings. The highest BCUT2D eigenvalue weighted by molar-refractivity contribution is 6.16. The van der Waals surface area contributed by atoms with E-state index in [-0.39, 0.29) is 0 Å². The third kappa shape index (κ3) is 4.36. The lowest BCUT2D eigenvalue weighted by atomic mass is 9.97. The minimum absolute atomic E-state index is 1.17. The second kappa shape index (κ2) is 11.5. The van der Waals surface area contributed by atoms with Gasteiger partial charge in [-0.05, 0) is 58.7 Å². The first-order valence-electron chi connectivity index (χ1n) is 17.2. The molecule has 0 saturated carbocycles. The SMILES string of the molecule is c1ccc(-c2cccc3c2c2ccccc2n3-c2ccccc2-c2ccc(-c3cccc4c5ccccc5n(-c5ccccc5)c34)cc2)cc1. The molecule has 10 rings (SSSR count). The topological polar surface area (TPSA) is 9.86 Å². The van der Waals surface area contributed by atoms with Crippen LogP contribution in [0.25, 0.3) is 88.4 Å². The van der Waals surface area contributed by atoms with Crippen LogP contribution in [-0.4, -0.2) is 9.13 Å². The van der Waals surface area contributed by atoms with E-state index >= 15 is 0 Å². The van der Waals surface area contributed by atoms with Gasteiger partial charge in [0.05, 0.1) is 27.8 Å². The van der Waals surface area contributed by atoms with E-state index in [1.807, 2.05) is 0 Å². The molecule has 50 heavy (non-hydrogen) atoms. The molecule has 2 heteroatoms. The first-order chi connectivity index (χ1) is 24.8. The van der Waals surface area contributed by atoms with E-state index in [4.69, 9.17) is 0 Å². The first-order valence-corrected chi connectivity index (χ1v) is 17.2. The average Bonchev–Trinajstić information content (AvgIpc) is 3.72. The molecule has 0 aliphatic carbocycles. The van der Waals surface area contributed by atoms with Gasteiger partial charge in [-0.15, -0.1) is 0 Å². The molecule has 0 bridgehead atoms. The largest absolute Gasteiger partial charge is 0.309 e. The van der Waals surface area contributed by atoms with Crippen molar-refractivity contribution in [1.29, 1.82) is 0 Å². The predicted octanol–water partition coefficient (Wildman–Crippen LogP) is 12.9. The fourth-order valence-electron chi connectivity index (χ4n) is 7.98. The average molecular weight is 637 g/mol. The van der Waals surface area contributed by atoms with Crippen LogP contribution in [0, 0.1) is 0 Å². The summed E-state index contributed by atoms with van der Waals surface area (Å²) in [6.45, 7) is 0. The summed E-state index contributed by atoms with van der Waals surface area (Å²) in [5.41, 5.74) is 14.5. The van der Waals surface area contributed by atoms with Gasteiger partial charge in [-0.3, -0.25) is 0 Å². The summed E-state index contributed by atoms with van der Waals surface area (Å²) in [5, 5.41) is 5.06. The van der Waals surface area contributed by atoms with Crippen LogP contribution in [-0.2, 0) is 0 Å². The van der Waals surface area contributed by atoms with Crippen molar-refractivity contribution in [1.82, 2.24) is 9.13 Å². The number of fused-ring (bicyclic) bond motifs is 6. The normalized spacial score (nSPS) is 11.6. The third-order valence-electron chi connectivity index (χ3n) is 10.1. The van der Waals surface area contributed by atoms with Crippen LogP contribution in [0.15, 0.2) is 194 Å². The monoisotopic (exact) mass is 636 g/mol. The van der Waals surface area contributed by atoms with Crippen molar-refractivity contribution >= 4 is 43.6 Å². The Hall–Kier alpha value is -6.64. The molecule has 0 aliphatic heterocycles. The van der Waals surface area contributed by atoms with Crippen LogP contribution in [0.5, 0.6) is 0 Å². The number of hydrogen-bond acceptors (Lipinski definition) is 0. The summed E-state index contributed by atoms with van der Waals surface area (Å²) in [6.07, 6.45) is 0. The lowest BCUT2D eigenvalue weighted by Crippen LogP contribution is -1.97. The zero-order valence-corrected chi connectivity index (χ0v) is 27.4. The minimum atomic E-state index is 1.17. The van der Waals surface area contributed by atoms with Crippen LogP contribution in [0.3, 0.4) is 0 Å². The maximum Gasteiger partial charge on any atom is 0.0619 e. The van der Waals surface area contributed by atoms with Crippen molar-refractivity contribution < 1.29 is 0 Å². The number of rotatable bonds is 5. The predicted molar refractivity (Wildman–Crippen MR) is 211 cm³/mol. The van der Waals surface area contributed by atoms with Crippen LogP contribution < -0.4 is 0 Å². The zero-order chi connectivity index (χ0) is 33.0. The third-order valence-corrected chi connectivity index (χ3v) is 10.1. The van der Waals surface area contributed by atoms with Crippen molar-refractivity contribution in [2.45, 2.75) is 0 Å². The minimum Gasteiger partial charge on any atom is -0.309 e. The Balaban J connectivity index is 1.15. The number of hydrogen-bond donors (Lipinski definition) is 0. The van der Waals surface area contributed by atoms with Gasteiger partial charge >= 0.3 is 0 Å². The van der Waals surface area contributed by atoms with Crippen LogP contribution >= 0.6 is 0 Å². The molecular weight excluding hydrogens is 605 g/mol. The van der Waals surface area contributed by atoms with E-state index in [9.17, 15) is 0 Å². The van der Waals surface area contributed by atoms with Gasteiger partial charge in [0.1, 0.15) is 0 Å². The lowest BCUT2D eigenvalue weighted by Gasteiger charge is -2.15. The van der Waals surface area contributed by atoms with Crippen molar-refractivity contribution in [3.05, 3.63) is 194 Å². The summed E-state index contributed by atoms with van der Waals surface area (Å²) in [6, 6.07) is 70.3. The summed E-state index contributed by atoms with van der Waals surface area (Å²) >= 11 is 0. The fraction of sp³-hybridized carbons (Fsp3) is 0. The van der Waals surface area contributed by atoms with E-state index in [2.05, 4.69) is 203 Å². The van der Waals surface area contributed by atoms with Gasteiger partial charge in [0, 0.05) is 38.4 Å². The van der Waals surface area contributed by atoms with Crippen molar-refractivity contribution in [2.24, 2.45) is 0 Å². The highest BCUT2D eigenvalue weighted by Crippen LogP contribution is 2.42. The molecular formula is C48H32N2.